The molecule has 2 N–H and O–H groups in total. The molecule has 0 spiro atoms. The van der Waals surface area contributed by atoms with Gasteiger partial charge in [-0.3, -0.25) is 0 Å². The van der Waals surface area contributed by atoms with Crippen LogP contribution in [0.5, 0.6) is 0 Å². The highest BCUT2D eigenvalue weighted by Crippen LogP contribution is 2.14. The van der Waals surface area contributed by atoms with Gasteiger partial charge in [-0.25, -0.2) is 0 Å². The van der Waals surface area contributed by atoms with Crippen molar-refractivity contribution >= 4 is 15.9 Å². The smallest absolute Gasteiger partial charge is 0.0206 e. The normalized spacial score (nSPS) is 10.6. The molecule has 0 unspecified atom stereocenters. The summed E-state index contributed by atoms with van der Waals surface area (Å²) < 4.78 is 1.16. The van der Waals surface area contributed by atoms with E-state index in [1.807, 2.05) is 0 Å². The van der Waals surface area contributed by atoms with Crippen LogP contribution < -0.4 is 10.6 Å². The summed E-state index contributed by atoms with van der Waals surface area (Å²) in [5, 5.41) is 6.69. The number of hydrogen-bond donors (Lipinski definition) is 2. The average Bonchev–Trinajstić information content (AvgIpc) is 2.16. The molecular formula is C12H19BrN2. The topological polar surface area (TPSA) is 24.1 Å². The van der Waals surface area contributed by atoms with Crippen molar-refractivity contribution in [3.63, 3.8) is 0 Å². The van der Waals surface area contributed by atoms with E-state index in [0.717, 1.165) is 30.7 Å². The van der Waals surface area contributed by atoms with E-state index in [1.165, 1.54) is 11.1 Å². The number of halogens is 1. The summed E-state index contributed by atoms with van der Waals surface area (Å²) in [5.74, 6) is 0. The molecule has 0 aliphatic heterocycles. The molecule has 0 aromatic heterocycles. The summed E-state index contributed by atoms with van der Waals surface area (Å²) in [4.78, 5) is 0. The number of benzene rings is 1. The largest absolute Gasteiger partial charge is 0.316 e. The molecule has 0 saturated carbocycles. The Labute approximate surface area is 101 Å². The van der Waals surface area contributed by atoms with Gasteiger partial charge >= 0.3 is 0 Å². The Balaban J connectivity index is 2.31. The molecular weight excluding hydrogens is 252 g/mol. The molecule has 1 rings (SSSR count). The minimum absolute atomic E-state index is 0.936. The Morgan fingerprint density at radius 3 is 2.53 bits per heavy atom. The molecule has 15 heavy (non-hydrogen) atoms. The van der Waals surface area contributed by atoms with Gasteiger partial charge in [-0.1, -0.05) is 28.9 Å². The Kier molecular flexibility index (Phi) is 5.91. The van der Waals surface area contributed by atoms with Crippen molar-refractivity contribution in [2.45, 2.75) is 20.4 Å². The summed E-state index contributed by atoms with van der Waals surface area (Å²) in [6.07, 6.45) is 0. The van der Waals surface area contributed by atoms with E-state index >= 15 is 0 Å². The first-order chi connectivity index (χ1) is 7.22. The molecule has 0 fully saturated rings. The molecule has 2 nitrogen and oxygen atoms in total. The van der Waals surface area contributed by atoms with Crippen LogP contribution in [0.4, 0.5) is 0 Å². The predicted molar refractivity (Wildman–Crippen MR) is 69.1 cm³/mol. The van der Waals surface area contributed by atoms with E-state index in [9.17, 15) is 0 Å². The lowest BCUT2D eigenvalue weighted by molar-refractivity contribution is 0.625. The van der Waals surface area contributed by atoms with E-state index < -0.39 is 0 Å². The molecule has 0 aliphatic rings. The van der Waals surface area contributed by atoms with Crippen LogP contribution in [0.25, 0.3) is 0 Å². The Bertz CT molecular complexity index is 279. The maximum absolute atomic E-state index is 3.51. The third-order valence-electron chi connectivity index (χ3n) is 2.16. The molecule has 1 aromatic rings. The Morgan fingerprint density at radius 2 is 1.87 bits per heavy atom. The van der Waals surface area contributed by atoms with Gasteiger partial charge in [0.2, 0.25) is 0 Å². The number of rotatable bonds is 6. The number of likely N-dealkylation sites (N-methyl/N-ethyl adjacent to an activating group) is 1. The fourth-order valence-electron chi connectivity index (χ4n) is 1.50. The second-order valence-corrected chi connectivity index (χ2v) is 4.58. The van der Waals surface area contributed by atoms with Crippen LogP contribution in [0.3, 0.4) is 0 Å². The first-order valence-corrected chi connectivity index (χ1v) is 6.19. The second kappa shape index (κ2) is 6.99. The van der Waals surface area contributed by atoms with E-state index in [2.05, 4.69) is 58.6 Å². The van der Waals surface area contributed by atoms with Crippen molar-refractivity contribution in [1.82, 2.24) is 10.6 Å². The lowest BCUT2D eigenvalue weighted by Crippen LogP contribution is -2.26. The van der Waals surface area contributed by atoms with Crippen molar-refractivity contribution in [1.29, 1.82) is 0 Å². The standard InChI is InChI=1S/C12H19BrN2/c1-3-14-4-5-15-9-11-6-10(2)7-12(13)8-11/h6-8,14-15H,3-5,9H2,1-2H3. The third-order valence-corrected chi connectivity index (χ3v) is 2.62. The predicted octanol–water partition coefficient (Wildman–Crippen LogP) is 2.46. The highest BCUT2D eigenvalue weighted by atomic mass is 79.9. The molecule has 0 radical (unpaired) electrons. The Morgan fingerprint density at radius 1 is 1.13 bits per heavy atom. The van der Waals surface area contributed by atoms with Crippen LogP contribution in [-0.4, -0.2) is 19.6 Å². The SMILES string of the molecule is CCNCCNCc1cc(C)cc(Br)c1. The highest BCUT2D eigenvalue weighted by Gasteiger charge is 1.96. The van der Waals surface area contributed by atoms with Crippen LogP contribution >= 0.6 is 15.9 Å². The Hall–Kier alpha value is -0.380. The lowest BCUT2D eigenvalue weighted by Gasteiger charge is -2.06. The summed E-state index contributed by atoms with van der Waals surface area (Å²) in [6.45, 7) is 8.26. The molecule has 0 amide bonds. The number of hydrogen-bond acceptors (Lipinski definition) is 2. The quantitative estimate of drug-likeness (QED) is 0.777. The van der Waals surface area contributed by atoms with E-state index in [4.69, 9.17) is 0 Å². The number of aryl methyl sites for hydroxylation is 1. The highest BCUT2D eigenvalue weighted by molar-refractivity contribution is 9.10. The minimum atomic E-state index is 0.936. The van der Waals surface area contributed by atoms with E-state index in [-0.39, 0.29) is 0 Å². The first-order valence-electron chi connectivity index (χ1n) is 5.40. The summed E-state index contributed by atoms with van der Waals surface area (Å²) >= 11 is 3.51. The summed E-state index contributed by atoms with van der Waals surface area (Å²) in [7, 11) is 0. The van der Waals surface area contributed by atoms with Gasteiger partial charge < -0.3 is 10.6 Å². The van der Waals surface area contributed by atoms with Gasteiger partial charge in [0.1, 0.15) is 0 Å². The van der Waals surface area contributed by atoms with Gasteiger partial charge in [-0.15, -0.1) is 0 Å². The number of nitrogens with one attached hydrogen (secondary N) is 2. The fraction of sp³-hybridized carbons (Fsp3) is 0.500. The van der Waals surface area contributed by atoms with Crippen LogP contribution in [0, 0.1) is 6.92 Å². The van der Waals surface area contributed by atoms with Crippen molar-refractivity contribution in [3.05, 3.63) is 33.8 Å². The second-order valence-electron chi connectivity index (χ2n) is 3.67. The molecule has 0 bridgehead atoms. The van der Waals surface area contributed by atoms with E-state index in [1.54, 1.807) is 0 Å². The maximum Gasteiger partial charge on any atom is 0.0206 e. The van der Waals surface area contributed by atoms with Crippen LogP contribution in [0.15, 0.2) is 22.7 Å². The van der Waals surface area contributed by atoms with Gasteiger partial charge in [-0.2, -0.15) is 0 Å². The average molecular weight is 271 g/mol. The van der Waals surface area contributed by atoms with E-state index in [0.29, 0.717) is 0 Å². The minimum Gasteiger partial charge on any atom is -0.316 e. The van der Waals surface area contributed by atoms with Crippen LogP contribution in [0.1, 0.15) is 18.1 Å². The molecule has 3 heteroatoms. The third kappa shape index (κ3) is 5.30. The molecule has 0 atom stereocenters. The summed E-state index contributed by atoms with van der Waals surface area (Å²) in [6, 6.07) is 6.50. The maximum atomic E-state index is 3.51. The molecule has 84 valence electrons. The molecule has 0 heterocycles. The van der Waals surface area contributed by atoms with Crippen LogP contribution in [0.2, 0.25) is 0 Å². The van der Waals surface area contributed by atoms with Gasteiger partial charge in [0.05, 0.1) is 0 Å². The fourth-order valence-corrected chi connectivity index (χ4v) is 2.16. The van der Waals surface area contributed by atoms with Crippen molar-refractivity contribution in [2.75, 3.05) is 19.6 Å². The lowest BCUT2D eigenvalue weighted by atomic mass is 10.1. The molecule has 0 saturated heterocycles. The van der Waals surface area contributed by atoms with Gasteiger partial charge in [0.15, 0.2) is 0 Å². The van der Waals surface area contributed by atoms with Gasteiger partial charge in [0.25, 0.3) is 0 Å². The van der Waals surface area contributed by atoms with Crippen LogP contribution in [-0.2, 0) is 6.54 Å². The zero-order chi connectivity index (χ0) is 11.1. The molecule has 1 aromatic carbocycles. The summed E-state index contributed by atoms with van der Waals surface area (Å²) in [5.41, 5.74) is 2.63. The monoisotopic (exact) mass is 270 g/mol. The zero-order valence-corrected chi connectivity index (χ0v) is 11.0. The van der Waals surface area contributed by atoms with Crippen molar-refractivity contribution < 1.29 is 0 Å². The van der Waals surface area contributed by atoms with Crippen molar-refractivity contribution in [3.8, 4) is 0 Å². The molecule has 0 aliphatic carbocycles. The van der Waals surface area contributed by atoms with Gasteiger partial charge in [-0.05, 0) is 36.7 Å². The van der Waals surface area contributed by atoms with Gasteiger partial charge in [0, 0.05) is 24.1 Å². The first kappa shape index (κ1) is 12.7. The van der Waals surface area contributed by atoms with Crippen molar-refractivity contribution in [2.24, 2.45) is 0 Å². The zero-order valence-electron chi connectivity index (χ0n) is 9.44.